The minimum absolute atomic E-state index is 0.0189. The zero-order valence-corrected chi connectivity index (χ0v) is 17.0. The summed E-state index contributed by atoms with van der Waals surface area (Å²) in [6.07, 6.45) is 0.449. The van der Waals surface area contributed by atoms with E-state index in [1.165, 1.54) is 24.3 Å². The number of nitrogens with zero attached hydrogens (tertiary/aromatic N) is 1. The Labute approximate surface area is 167 Å². The Balaban J connectivity index is 2.04. The third kappa shape index (κ3) is 4.20. The van der Waals surface area contributed by atoms with Crippen LogP contribution in [0.2, 0.25) is 0 Å². The van der Waals surface area contributed by atoms with Crippen molar-refractivity contribution in [3.8, 4) is 0 Å². The Kier molecular flexibility index (Phi) is 5.76. The van der Waals surface area contributed by atoms with Crippen LogP contribution in [-0.4, -0.2) is 25.6 Å². The summed E-state index contributed by atoms with van der Waals surface area (Å²) >= 11 is 0. The third-order valence-electron chi connectivity index (χ3n) is 4.59. The molecule has 148 valence electrons. The lowest BCUT2D eigenvalue weighted by molar-refractivity contribution is -0.143. The molecule has 0 atom stereocenters. The van der Waals surface area contributed by atoms with Gasteiger partial charge in [-0.3, -0.25) is 4.79 Å². The maximum absolute atomic E-state index is 13.9. The maximum Gasteiger partial charge on any atom is 0.325 e. The molecular formula is C20H19ClFNO4S. The first-order chi connectivity index (χ1) is 13.2. The van der Waals surface area contributed by atoms with E-state index in [2.05, 4.69) is 0 Å². The van der Waals surface area contributed by atoms with E-state index in [1.54, 1.807) is 29.7 Å². The predicted molar refractivity (Wildman–Crippen MR) is 106 cm³/mol. The minimum Gasteiger partial charge on any atom is -0.465 e. The molecule has 0 spiro atoms. The van der Waals surface area contributed by atoms with Crippen LogP contribution in [0.4, 0.5) is 4.39 Å². The van der Waals surface area contributed by atoms with E-state index in [9.17, 15) is 17.6 Å². The molecule has 0 radical (unpaired) electrons. The number of hydrogen-bond donors (Lipinski definition) is 0. The molecule has 5 nitrogen and oxygen atoms in total. The predicted octanol–water partition coefficient (Wildman–Crippen LogP) is 4.17. The molecule has 3 rings (SSSR count). The van der Waals surface area contributed by atoms with Crippen LogP contribution in [0, 0.1) is 12.7 Å². The molecule has 1 heterocycles. The van der Waals surface area contributed by atoms with Crippen molar-refractivity contribution in [3.63, 3.8) is 0 Å². The Morgan fingerprint density at radius 3 is 2.46 bits per heavy atom. The molecule has 0 aliphatic heterocycles. The largest absolute Gasteiger partial charge is 0.465 e. The van der Waals surface area contributed by atoms with Gasteiger partial charge in [0, 0.05) is 27.3 Å². The zero-order chi connectivity index (χ0) is 20.5. The summed E-state index contributed by atoms with van der Waals surface area (Å²) in [5, 5.41) is 0.704. The maximum atomic E-state index is 13.9. The monoisotopic (exact) mass is 423 g/mol. The Morgan fingerprint density at radius 2 is 1.86 bits per heavy atom. The lowest BCUT2D eigenvalue weighted by Crippen LogP contribution is -2.14. The molecular weight excluding hydrogens is 405 g/mol. The number of hydrogen-bond acceptors (Lipinski definition) is 4. The summed E-state index contributed by atoms with van der Waals surface area (Å²) in [5.74, 6) is -0.735. The van der Waals surface area contributed by atoms with Crippen molar-refractivity contribution in [1.29, 1.82) is 0 Å². The van der Waals surface area contributed by atoms with Gasteiger partial charge in [0.05, 0.1) is 11.5 Å². The molecule has 28 heavy (non-hydrogen) atoms. The van der Waals surface area contributed by atoms with Gasteiger partial charge in [-0.25, -0.2) is 12.8 Å². The number of esters is 1. The van der Waals surface area contributed by atoms with Crippen molar-refractivity contribution in [2.24, 2.45) is 0 Å². The molecule has 2 aromatic carbocycles. The smallest absolute Gasteiger partial charge is 0.325 e. The average Bonchev–Trinajstić information content (AvgIpc) is 2.87. The number of rotatable bonds is 6. The zero-order valence-electron chi connectivity index (χ0n) is 15.4. The highest BCUT2D eigenvalue weighted by Gasteiger charge is 2.18. The fraction of sp³-hybridized carbons (Fsp3) is 0.250. The first-order valence-corrected chi connectivity index (χ1v) is 11.0. The molecule has 0 fully saturated rings. The van der Waals surface area contributed by atoms with Crippen molar-refractivity contribution < 1.29 is 22.3 Å². The van der Waals surface area contributed by atoms with Crippen LogP contribution in [-0.2, 0) is 31.5 Å². The summed E-state index contributed by atoms with van der Waals surface area (Å²) in [6.45, 7) is 3.92. The molecule has 0 N–H and O–H groups in total. The van der Waals surface area contributed by atoms with Crippen molar-refractivity contribution in [3.05, 3.63) is 65.1 Å². The van der Waals surface area contributed by atoms with Gasteiger partial charge in [0.15, 0.2) is 0 Å². The van der Waals surface area contributed by atoms with E-state index in [0.717, 1.165) is 22.3 Å². The van der Waals surface area contributed by atoms with Gasteiger partial charge in [0.2, 0.25) is 0 Å². The third-order valence-corrected chi connectivity index (χ3v) is 5.96. The number of carbonyl (C=O) groups excluding carboxylic acids is 1. The van der Waals surface area contributed by atoms with Gasteiger partial charge in [0.1, 0.15) is 12.4 Å². The fourth-order valence-electron chi connectivity index (χ4n) is 3.26. The first-order valence-electron chi connectivity index (χ1n) is 8.67. The summed E-state index contributed by atoms with van der Waals surface area (Å²) < 4.78 is 43.5. The average molecular weight is 424 g/mol. The highest BCUT2D eigenvalue weighted by Crippen LogP contribution is 2.29. The number of fused-ring (bicyclic) bond motifs is 1. The SMILES string of the molecule is CCOC(=O)Cn1c(C)c(Cc2ccc(S(=O)(=O)Cl)cc2)c2cc(F)ccc21. The van der Waals surface area contributed by atoms with Gasteiger partial charge in [-0.2, -0.15) is 0 Å². The van der Waals surface area contributed by atoms with Crippen LogP contribution in [0.1, 0.15) is 23.7 Å². The molecule has 8 heteroatoms. The molecule has 0 bridgehead atoms. The van der Waals surface area contributed by atoms with Crippen LogP contribution >= 0.6 is 10.7 Å². The van der Waals surface area contributed by atoms with Crippen molar-refractivity contribution in [2.75, 3.05) is 6.61 Å². The Hall–Kier alpha value is -2.38. The topological polar surface area (TPSA) is 65.4 Å². The number of benzene rings is 2. The molecule has 0 saturated heterocycles. The van der Waals surface area contributed by atoms with Crippen molar-refractivity contribution in [1.82, 2.24) is 4.57 Å². The van der Waals surface area contributed by atoms with E-state index in [1.807, 2.05) is 6.92 Å². The second kappa shape index (κ2) is 7.93. The number of halogens is 2. The summed E-state index contributed by atoms with van der Waals surface area (Å²) in [4.78, 5) is 12.0. The second-order valence-electron chi connectivity index (χ2n) is 6.38. The van der Waals surface area contributed by atoms with Crippen LogP contribution in [0.25, 0.3) is 10.9 Å². The van der Waals surface area contributed by atoms with E-state index in [-0.39, 0.29) is 29.8 Å². The summed E-state index contributed by atoms with van der Waals surface area (Å²) in [5.41, 5.74) is 3.26. The van der Waals surface area contributed by atoms with E-state index >= 15 is 0 Å². The molecule has 0 amide bonds. The summed E-state index contributed by atoms with van der Waals surface area (Å²) in [7, 11) is 1.56. The highest BCUT2D eigenvalue weighted by molar-refractivity contribution is 8.13. The van der Waals surface area contributed by atoms with Crippen LogP contribution < -0.4 is 0 Å². The molecule has 0 unspecified atom stereocenters. The Morgan fingerprint density at radius 1 is 1.18 bits per heavy atom. The number of ether oxygens (including phenoxy) is 1. The van der Waals surface area contributed by atoms with E-state index < -0.39 is 9.05 Å². The quantitative estimate of drug-likeness (QED) is 0.441. The number of carbonyl (C=O) groups is 1. The molecule has 0 aliphatic rings. The van der Waals surface area contributed by atoms with Crippen molar-refractivity contribution >= 4 is 36.6 Å². The first kappa shape index (κ1) is 20.4. The van der Waals surface area contributed by atoms with Gasteiger partial charge in [-0.1, -0.05) is 12.1 Å². The van der Waals surface area contributed by atoms with Crippen LogP contribution in [0.3, 0.4) is 0 Å². The molecule has 1 aromatic heterocycles. The lowest BCUT2D eigenvalue weighted by atomic mass is 10.0. The van der Waals surface area contributed by atoms with Crippen molar-refractivity contribution in [2.45, 2.75) is 31.7 Å². The molecule has 3 aromatic rings. The lowest BCUT2D eigenvalue weighted by Gasteiger charge is -2.08. The minimum atomic E-state index is -3.79. The van der Waals surface area contributed by atoms with Gasteiger partial charge >= 0.3 is 5.97 Å². The van der Waals surface area contributed by atoms with E-state index in [4.69, 9.17) is 15.4 Å². The second-order valence-corrected chi connectivity index (χ2v) is 8.94. The standard InChI is InChI=1S/C20H19ClFNO4S/c1-3-27-20(24)12-23-13(2)17(18-11-15(22)6-9-19(18)23)10-14-4-7-16(8-5-14)28(21,25)26/h4-9,11H,3,10,12H2,1-2H3. The highest BCUT2D eigenvalue weighted by atomic mass is 35.7. The molecule has 0 saturated carbocycles. The van der Waals surface area contributed by atoms with Gasteiger partial charge < -0.3 is 9.30 Å². The van der Waals surface area contributed by atoms with Gasteiger partial charge in [-0.15, -0.1) is 0 Å². The van der Waals surface area contributed by atoms with Crippen LogP contribution in [0.5, 0.6) is 0 Å². The van der Waals surface area contributed by atoms with Gasteiger partial charge in [-0.05, 0) is 61.7 Å². The van der Waals surface area contributed by atoms with Crippen LogP contribution in [0.15, 0.2) is 47.4 Å². The molecule has 0 aliphatic carbocycles. The Bertz CT molecular complexity index is 1140. The normalized spacial score (nSPS) is 11.7. The van der Waals surface area contributed by atoms with Gasteiger partial charge in [0.25, 0.3) is 9.05 Å². The fourth-order valence-corrected chi connectivity index (χ4v) is 4.03. The number of aromatic nitrogens is 1. The summed E-state index contributed by atoms with van der Waals surface area (Å²) in [6, 6.07) is 10.6. The van der Waals surface area contributed by atoms with E-state index in [0.29, 0.717) is 11.8 Å².